The maximum Gasteiger partial charge on any atom is 0.331 e. The summed E-state index contributed by atoms with van der Waals surface area (Å²) in [5.74, 6) is -1.01. The molecule has 3 rings (SSSR count). The van der Waals surface area contributed by atoms with Crippen molar-refractivity contribution >= 4 is 35.0 Å². The zero-order valence-corrected chi connectivity index (χ0v) is 14.6. The number of nitrogens with zero attached hydrogens (tertiary/aromatic N) is 3. The number of rotatable bonds is 4. The molecule has 130 valence electrons. The Morgan fingerprint density at radius 2 is 2.04 bits per heavy atom. The van der Waals surface area contributed by atoms with Crippen LogP contribution in [-0.4, -0.2) is 35.4 Å². The number of esters is 1. The molecule has 1 N–H and O–H groups in total. The van der Waals surface area contributed by atoms with Gasteiger partial charge in [-0.05, 0) is 29.5 Å². The fourth-order valence-corrected chi connectivity index (χ4v) is 2.80. The average Bonchev–Trinajstić information content (AvgIpc) is 3.02. The van der Waals surface area contributed by atoms with E-state index in [0.29, 0.717) is 5.17 Å². The van der Waals surface area contributed by atoms with Crippen molar-refractivity contribution in [3.05, 3.63) is 65.2 Å². The van der Waals surface area contributed by atoms with Crippen LogP contribution in [0.5, 0.6) is 0 Å². The number of methoxy groups -OCH3 is 1. The van der Waals surface area contributed by atoms with Crippen LogP contribution in [0.1, 0.15) is 5.56 Å². The van der Waals surface area contributed by atoms with E-state index in [0.717, 1.165) is 34.7 Å². The van der Waals surface area contributed by atoms with Gasteiger partial charge in [0.15, 0.2) is 5.17 Å². The summed E-state index contributed by atoms with van der Waals surface area (Å²) in [4.78, 5) is 27.4. The molecule has 1 amide bonds. The summed E-state index contributed by atoms with van der Waals surface area (Å²) >= 11 is 1.02. The van der Waals surface area contributed by atoms with Gasteiger partial charge in [-0.3, -0.25) is 15.1 Å². The molecule has 7 nitrogen and oxygen atoms in total. The summed E-state index contributed by atoms with van der Waals surface area (Å²) in [5, 5.41) is 10.7. The zero-order chi connectivity index (χ0) is 18.4. The van der Waals surface area contributed by atoms with E-state index >= 15 is 0 Å². The van der Waals surface area contributed by atoms with Gasteiger partial charge in [0.25, 0.3) is 5.91 Å². The van der Waals surface area contributed by atoms with Gasteiger partial charge in [-0.15, -0.1) is 5.10 Å². The number of ether oxygens (including phenoxy) is 1. The van der Waals surface area contributed by atoms with Crippen molar-refractivity contribution in [2.75, 3.05) is 7.11 Å². The highest BCUT2D eigenvalue weighted by Crippen LogP contribution is 2.23. The van der Waals surface area contributed by atoms with Crippen LogP contribution in [0.4, 0.5) is 0 Å². The van der Waals surface area contributed by atoms with E-state index in [-0.39, 0.29) is 4.91 Å². The fraction of sp³-hybridized carbons (Fsp3) is 0.0556. The largest absolute Gasteiger partial charge is 0.466 e. The number of pyridine rings is 1. The Morgan fingerprint density at radius 3 is 2.73 bits per heavy atom. The van der Waals surface area contributed by atoms with Gasteiger partial charge in [-0.1, -0.05) is 30.3 Å². The number of hydrogen-bond acceptors (Lipinski definition) is 7. The first-order valence-electron chi connectivity index (χ1n) is 7.57. The lowest BCUT2D eigenvalue weighted by molar-refractivity contribution is -0.135. The number of nitrogens with one attached hydrogen (secondary N) is 1. The summed E-state index contributed by atoms with van der Waals surface area (Å²) in [6.45, 7) is 0. The van der Waals surface area contributed by atoms with E-state index in [2.05, 4.69) is 25.2 Å². The highest BCUT2D eigenvalue weighted by atomic mass is 32.2. The molecule has 0 bridgehead atoms. The number of amidine groups is 1. The number of thioether (sulfide) groups is 1. The van der Waals surface area contributed by atoms with E-state index in [9.17, 15) is 9.59 Å². The van der Waals surface area contributed by atoms with Crippen molar-refractivity contribution in [2.24, 2.45) is 10.2 Å². The Labute approximate surface area is 153 Å². The molecule has 0 atom stereocenters. The Balaban J connectivity index is 1.65. The van der Waals surface area contributed by atoms with Gasteiger partial charge in [-0.25, -0.2) is 4.79 Å². The fourth-order valence-electron chi connectivity index (χ4n) is 2.06. The second-order valence-electron chi connectivity index (χ2n) is 5.07. The van der Waals surface area contributed by atoms with Crippen molar-refractivity contribution < 1.29 is 14.3 Å². The predicted octanol–water partition coefficient (Wildman–Crippen LogP) is 2.36. The number of carbonyl (C=O) groups is 2. The highest BCUT2D eigenvalue weighted by Gasteiger charge is 2.24. The molecule has 1 fully saturated rings. The molecular formula is C18H14N4O3S. The smallest absolute Gasteiger partial charge is 0.331 e. The van der Waals surface area contributed by atoms with Crippen molar-refractivity contribution in [3.8, 4) is 11.3 Å². The summed E-state index contributed by atoms with van der Waals surface area (Å²) in [6.07, 6.45) is 4.43. The number of benzene rings is 1. The predicted molar refractivity (Wildman–Crippen MR) is 101 cm³/mol. The van der Waals surface area contributed by atoms with Crippen LogP contribution in [0.2, 0.25) is 0 Å². The van der Waals surface area contributed by atoms with Gasteiger partial charge in [0.1, 0.15) is 0 Å². The van der Waals surface area contributed by atoms with Gasteiger partial charge in [0, 0.05) is 17.8 Å². The van der Waals surface area contributed by atoms with Crippen LogP contribution in [0, 0.1) is 0 Å². The molecule has 1 saturated heterocycles. The third-order valence-electron chi connectivity index (χ3n) is 3.33. The van der Waals surface area contributed by atoms with Crippen LogP contribution >= 0.6 is 11.8 Å². The maximum absolute atomic E-state index is 11.7. The normalized spacial score (nSPS) is 17.0. The van der Waals surface area contributed by atoms with E-state index in [4.69, 9.17) is 0 Å². The topological polar surface area (TPSA) is 93.0 Å². The first-order chi connectivity index (χ1) is 12.7. The van der Waals surface area contributed by atoms with Crippen molar-refractivity contribution in [1.29, 1.82) is 0 Å². The van der Waals surface area contributed by atoms with E-state index in [1.54, 1.807) is 12.4 Å². The Morgan fingerprint density at radius 1 is 1.23 bits per heavy atom. The van der Waals surface area contributed by atoms with Crippen LogP contribution in [0.15, 0.2) is 69.8 Å². The molecule has 2 heterocycles. The molecular weight excluding hydrogens is 352 g/mol. The van der Waals surface area contributed by atoms with Crippen LogP contribution in [0.3, 0.4) is 0 Å². The summed E-state index contributed by atoms with van der Waals surface area (Å²) < 4.78 is 4.49. The maximum atomic E-state index is 11.7. The molecule has 1 aliphatic rings. The van der Waals surface area contributed by atoms with Crippen molar-refractivity contribution in [2.45, 2.75) is 0 Å². The van der Waals surface area contributed by atoms with Crippen LogP contribution < -0.4 is 5.32 Å². The second kappa shape index (κ2) is 8.21. The second-order valence-corrected chi connectivity index (χ2v) is 6.11. The van der Waals surface area contributed by atoms with Crippen LogP contribution in [-0.2, 0) is 14.3 Å². The summed E-state index contributed by atoms with van der Waals surface area (Å²) in [7, 11) is 1.25. The molecule has 8 heteroatoms. The zero-order valence-electron chi connectivity index (χ0n) is 13.7. The minimum atomic E-state index is -0.597. The first kappa shape index (κ1) is 17.6. The lowest BCUT2D eigenvalue weighted by Gasteiger charge is -2.00. The average molecular weight is 366 g/mol. The number of amides is 1. The first-order valence-corrected chi connectivity index (χ1v) is 8.39. The van der Waals surface area contributed by atoms with E-state index < -0.39 is 11.9 Å². The Hall–Kier alpha value is -3.26. The quantitative estimate of drug-likeness (QED) is 0.388. The number of carbonyl (C=O) groups excluding carboxylic acids is 2. The molecule has 1 aliphatic heterocycles. The lowest BCUT2D eigenvalue weighted by atomic mass is 10.1. The summed E-state index contributed by atoms with van der Waals surface area (Å²) in [6, 6.07) is 13.4. The molecule has 0 saturated carbocycles. The van der Waals surface area contributed by atoms with Crippen molar-refractivity contribution in [1.82, 2.24) is 10.3 Å². The minimum Gasteiger partial charge on any atom is -0.466 e. The Kier molecular flexibility index (Phi) is 5.55. The molecule has 1 aromatic carbocycles. The van der Waals surface area contributed by atoms with E-state index in [1.165, 1.54) is 7.11 Å². The molecule has 26 heavy (non-hydrogen) atoms. The van der Waals surface area contributed by atoms with Crippen LogP contribution in [0.25, 0.3) is 11.3 Å². The van der Waals surface area contributed by atoms with Gasteiger partial charge in [-0.2, -0.15) is 5.10 Å². The molecule has 0 spiro atoms. The molecule has 0 aliphatic carbocycles. The van der Waals surface area contributed by atoms with Gasteiger partial charge in [0.2, 0.25) is 0 Å². The van der Waals surface area contributed by atoms with Gasteiger partial charge in [0.05, 0.1) is 23.9 Å². The molecule has 1 aromatic heterocycles. The van der Waals surface area contributed by atoms with Gasteiger partial charge >= 0.3 is 5.97 Å². The molecule has 0 radical (unpaired) electrons. The van der Waals surface area contributed by atoms with Crippen molar-refractivity contribution in [3.63, 3.8) is 0 Å². The molecule has 0 unspecified atom stereocenters. The lowest BCUT2D eigenvalue weighted by Crippen LogP contribution is -2.19. The molecule has 2 aromatic rings. The SMILES string of the molecule is COC(=O)/C=C1/S/C(=N\N=Cc2ccc(-c3ccccn3)cc2)NC1=O. The van der Waals surface area contributed by atoms with E-state index in [1.807, 2.05) is 42.5 Å². The third kappa shape index (κ3) is 4.42. The minimum absolute atomic E-state index is 0.213. The highest BCUT2D eigenvalue weighted by molar-refractivity contribution is 8.18. The monoisotopic (exact) mass is 366 g/mol. The summed E-state index contributed by atoms with van der Waals surface area (Å²) in [5.41, 5.74) is 2.75. The third-order valence-corrected chi connectivity index (χ3v) is 4.23. The van der Waals surface area contributed by atoms with Gasteiger partial charge < -0.3 is 4.74 Å². The Bertz CT molecular complexity index is 906. The number of hydrogen-bond donors (Lipinski definition) is 1. The number of aromatic nitrogens is 1. The standard InChI is InChI=1S/C18H14N4O3S/c1-25-16(23)10-15-17(24)21-18(26-15)22-20-11-12-5-7-13(8-6-12)14-4-2-3-9-19-14/h2-11H,1H3,(H,21,22,24)/b15-10+,20-11?.